The van der Waals surface area contributed by atoms with Crippen LogP contribution in [0.2, 0.25) is 10.0 Å². The van der Waals surface area contributed by atoms with Crippen molar-refractivity contribution in [2.45, 2.75) is 6.54 Å². The van der Waals surface area contributed by atoms with Gasteiger partial charge in [-0.1, -0.05) is 41.9 Å². The number of amides is 2. The highest BCUT2D eigenvalue weighted by Gasteiger charge is 2.26. The number of carbonyl (C=O) groups excluding carboxylic acids is 1. The summed E-state index contributed by atoms with van der Waals surface area (Å²) in [5.41, 5.74) is 0.888. The molecule has 9 nitrogen and oxygen atoms in total. The number of urea groups is 1. The molecule has 0 saturated heterocycles. The highest BCUT2D eigenvalue weighted by atomic mass is 35.5. The standard InChI is InChI=1S/C24H17Cl2N5O4/c1-14-21(11-27)29-31(24(33)28-14)16-9-19(25)23(20(26)10-16)35-18-6-7-22(32)30(13-18)12-15-4-3-5-17(8-15)34-2/h3-10,13H,1,12H2,2H3,(H,28,33). The first kappa shape index (κ1) is 23.9. The molecule has 3 aromatic rings. The number of benzene rings is 2. The number of hydrogen-bond donors (Lipinski definition) is 1. The molecule has 0 radical (unpaired) electrons. The van der Waals surface area contributed by atoms with Gasteiger partial charge in [-0.15, -0.1) is 0 Å². The molecule has 0 atom stereocenters. The van der Waals surface area contributed by atoms with Gasteiger partial charge in [0.05, 0.1) is 41.3 Å². The van der Waals surface area contributed by atoms with E-state index in [2.05, 4.69) is 17.0 Å². The average Bonchev–Trinajstić information content (AvgIpc) is 2.83. The van der Waals surface area contributed by atoms with Crippen LogP contribution in [0.4, 0.5) is 10.5 Å². The van der Waals surface area contributed by atoms with Crippen molar-refractivity contribution in [1.82, 2.24) is 9.88 Å². The van der Waals surface area contributed by atoms with Gasteiger partial charge in [-0.3, -0.25) is 4.79 Å². The van der Waals surface area contributed by atoms with E-state index in [4.69, 9.17) is 37.9 Å². The van der Waals surface area contributed by atoms with Crippen molar-refractivity contribution < 1.29 is 14.3 Å². The number of halogens is 2. The maximum Gasteiger partial charge on any atom is 0.347 e. The SMILES string of the molecule is C=C1NC(=O)N(c2cc(Cl)c(Oc3ccc(=O)n(Cc4cccc(OC)c4)c3)c(Cl)c2)N=C1C#N. The Labute approximate surface area is 210 Å². The molecule has 1 aromatic heterocycles. The zero-order valence-electron chi connectivity index (χ0n) is 18.3. The van der Waals surface area contributed by atoms with Crippen LogP contribution in [-0.2, 0) is 6.54 Å². The maximum absolute atomic E-state index is 12.4. The highest BCUT2D eigenvalue weighted by molar-refractivity contribution is 6.37. The summed E-state index contributed by atoms with van der Waals surface area (Å²) in [6.07, 6.45) is 1.54. The summed E-state index contributed by atoms with van der Waals surface area (Å²) in [7, 11) is 1.57. The summed E-state index contributed by atoms with van der Waals surface area (Å²) in [5, 5.41) is 16.7. The lowest BCUT2D eigenvalue weighted by molar-refractivity contribution is 0.248. The minimum atomic E-state index is -0.626. The van der Waals surface area contributed by atoms with E-state index in [1.165, 1.54) is 35.0 Å². The number of aromatic nitrogens is 1. The van der Waals surface area contributed by atoms with Crippen LogP contribution in [0.3, 0.4) is 0 Å². The van der Waals surface area contributed by atoms with Crippen LogP contribution in [0.1, 0.15) is 5.56 Å². The van der Waals surface area contributed by atoms with E-state index < -0.39 is 6.03 Å². The minimum absolute atomic E-state index is 0.0598. The molecular weight excluding hydrogens is 493 g/mol. The van der Waals surface area contributed by atoms with Gasteiger partial charge in [-0.05, 0) is 35.9 Å². The van der Waals surface area contributed by atoms with Gasteiger partial charge in [-0.25, -0.2) is 4.79 Å². The summed E-state index contributed by atoms with van der Waals surface area (Å²) < 4.78 is 12.6. The predicted molar refractivity (Wildman–Crippen MR) is 133 cm³/mol. The Hall–Kier alpha value is -4.26. The van der Waals surface area contributed by atoms with E-state index in [0.717, 1.165) is 10.6 Å². The summed E-state index contributed by atoms with van der Waals surface area (Å²) in [6.45, 7) is 3.87. The van der Waals surface area contributed by atoms with Crippen LogP contribution in [0.25, 0.3) is 0 Å². The molecule has 0 bridgehead atoms. The Balaban J connectivity index is 1.61. The molecule has 0 saturated carbocycles. The molecule has 176 valence electrons. The van der Waals surface area contributed by atoms with E-state index in [9.17, 15) is 9.59 Å². The monoisotopic (exact) mass is 509 g/mol. The third kappa shape index (κ3) is 5.14. The topological polar surface area (TPSA) is 109 Å². The second kappa shape index (κ2) is 9.93. The molecule has 1 aliphatic rings. The van der Waals surface area contributed by atoms with Gasteiger partial charge < -0.3 is 19.4 Å². The molecule has 4 rings (SSSR count). The number of nitrogens with one attached hydrogen (secondary N) is 1. The van der Waals surface area contributed by atoms with Crippen LogP contribution < -0.4 is 25.4 Å². The quantitative estimate of drug-likeness (QED) is 0.506. The van der Waals surface area contributed by atoms with Gasteiger partial charge >= 0.3 is 6.03 Å². The van der Waals surface area contributed by atoms with E-state index in [-0.39, 0.29) is 38.5 Å². The van der Waals surface area contributed by atoms with Crippen LogP contribution in [0, 0.1) is 11.3 Å². The van der Waals surface area contributed by atoms with Crippen molar-refractivity contribution in [2.75, 3.05) is 12.1 Å². The molecule has 35 heavy (non-hydrogen) atoms. The molecule has 0 aliphatic carbocycles. The summed E-state index contributed by atoms with van der Waals surface area (Å²) in [6, 6.07) is 14.3. The van der Waals surface area contributed by atoms with E-state index in [0.29, 0.717) is 18.0 Å². The number of ether oxygens (including phenoxy) is 2. The Kier molecular flexibility index (Phi) is 6.78. The second-order valence-corrected chi connectivity index (χ2v) is 8.12. The van der Waals surface area contributed by atoms with Gasteiger partial charge in [0.1, 0.15) is 17.6 Å². The van der Waals surface area contributed by atoms with Crippen LogP contribution in [0.5, 0.6) is 17.2 Å². The van der Waals surface area contributed by atoms with Crippen molar-refractivity contribution in [2.24, 2.45) is 5.10 Å². The predicted octanol–water partition coefficient (Wildman–Crippen LogP) is 4.93. The lowest BCUT2D eigenvalue weighted by Gasteiger charge is -2.24. The third-order valence-electron chi connectivity index (χ3n) is 4.93. The number of anilines is 1. The van der Waals surface area contributed by atoms with Crippen LogP contribution in [-0.4, -0.2) is 23.4 Å². The lowest BCUT2D eigenvalue weighted by atomic mass is 10.2. The fourth-order valence-corrected chi connectivity index (χ4v) is 3.81. The molecule has 1 N–H and O–H groups in total. The summed E-state index contributed by atoms with van der Waals surface area (Å²) in [5.74, 6) is 1.12. The summed E-state index contributed by atoms with van der Waals surface area (Å²) >= 11 is 12.8. The molecule has 2 aromatic carbocycles. The van der Waals surface area contributed by atoms with Crippen molar-refractivity contribution in [3.05, 3.63) is 93.0 Å². The zero-order valence-corrected chi connectivity index (χ0v) is 19.8. The van der Waals surface area contributed by atoms with Gasteiger partial charge in [0, 0.05) is 6.07 Å². The molecular formula is C24H17Cl2N5O4. The fourth-order valence-electron chi connectivity index (χ4n) is 3.26. The second-order valence-electron chi connectivity index (χ2n) is 7.30. The Morgan fingerprint density at radius 1 is 1.11 bits per heavy atom. The third-order valence-corrected chi connectivity index (χ3v) is 5.49. The first-order valence-electron chi connectivity index (χ1n) is 10.1. The molecule has 0 unspecified atom stereocenters. The molecule has 0 fully saturated rings. The van der Waals surface area contributed by atoms with Gasteiger partial charge in [-0.2, -0.15) is 15.4 Å². The van der Waals surface area contributed by atoms with Gasteiger partial charge in [0.2, 0.25) is 0 Å². The largest absolute Gasteiger partial charge is 0.497 e. The number of nitrogens with zero attached hydrogens (tertiary/aromatic N) is 4. The van der Waals surface area contributed by atoms with Gasteiger partial charge in [0.25, 0.3) is 5.56 Å². The normalized spacial score (nSPS) is 13.1. The number of nitriles is 1. The van der Waals surface area contributed by atoms with Crippen molar-refractivity contribution in [1.29, 1.82) is 5.26 Å². The first-order chi connectivity index (χ1) is 16.8. The van der Waals surface area contributed by atoms with Gasteiger partial charge in [0.15, 0.2) is 11.5 Å². The summed E-state index contributed by atoms with van der Waals surface area (Å²) in [4.78, 5) is 24.7. The smallest absolute Gasteiger partial charge is 0.347 e. The molecule has 2 amide bonds. The Bertz CT molecular complexity index is 1450. The minimum Gasteiger partial charge on any atom is -0.497 e. The van der Waals surface area contributed by atoms with Crippen molar-refractivity contribution in [3.63, 3.8) is 0 Å². The van der Waals surface area contributed by atoms with E-state index in [1.807, 2.05) is 30.3 Å². The number of pyridine rings is 1. The first-order valence-corrected chi connectivity index (χ1v) is 10.8. The van der Waals surface area contributed by atoms with E-state index in [1.54, 1.807) is 7.11 Å². The Morgan fingerprint density at radius 2 is 1.86 bits per heavy atom. The van der Waals surface area contributed by atoms with Crippen molar-refractivity contribution >= 4 is 40.6 Å². The molecule has 1 aliphatic heterocycles. The fraction of sp³-hybridized carbons (Fsp3) is 0.0833. The van der Waals surface area contributed by atoms with Crippen molar-refractivity contribution in [3.8, 4) is 23.3 Å². The van der Waals surface area contributed by atoms with Crippen LogP contribution >= 0.6 is 23.2 Å². The van der Waals surface area contributed by atoms with E-state index >= 15 is 0 Å². The number of rotatable bonds is 6. The highest BCUT2D eigenvalue weighted by Crippen LogP contribution is 2.40. The maximum atomic E-state index is 12.4. The molecule has 0 spiro atoms. The average molecular weight is 510 g/mol. The molecule has 11 heteroatoms. The number of allylic oxidation sites excluding steroid dienone is 1. The number of carbonyl (C=O) groups is 1. The Morgan fingerprint density at radius 3 is 2.54 bits per heavy atom. The number of methoxy groups -OCH3 is 1. The molecule has 2 heterocycles. The zero-order chi connectivity index (χ0) is 25.1. The van der Waals surface area contributed by atoms with Crippen LogP contribution in [0.15, 0.2) is 76.9 Å². The number of hydrogen-bond acceptors (Lipinski definition) is 6. The lowest BCUT2D eigenvalue weighted by Crippen LogP contribution is -2.42. The number of hydrazone groups is 1.